The molecule has 1 aliphatic carbocycles. The first-order valence-corrected chi connectivity index (χ1v) is 7.53. The van der Waals surface area contributed by atoms with E-state index >= 15 is 0 Å². The smallest absolute Gasteiger partial charge is 0.191 e. The second-order valence-electron chi connectivity index (χ2n) is 4.99. The number of rotatable bonds is 5. The van der Waals surface area contributed by atoms with Crippen molar-refractivity contribution in [1.82, 2.24) is 10.6 Å². The number of benzene rings is 1. The molecule has 1 saturated carbocycles. The van der Waals surface area contributed by atoms with Gasteiger partial charge in [-0.25, -0.2) is 4.39 Å². The van der Waals surface area contributed by atoms with Gasteiger partial charge in [0.25, 0.3) is 0 Å². The van der Waals surface area contributed by atoms with Crippen LogP contribution in [-0.2, 0) is 0 Å². The zero-order chi connectivity index (χ0) is 14.5. The lowest BCUT2D eigenvalue weighted by molar-refractivity contribution is 0.608. The fourth-order valence-electron chi connectivity index (χ4n) is 2.26. The molecule has 1 fully saturated rings. The van der Waals surface area contributed by atoms with Gasteiger partial charge in [-0.3, -0.25) is 4.99 Å². The Balaban J connectivity index is 0.00000220. The number of guanidine groups is 1. The van der Waals surface area contributed by atoms with Crippen LogP contribution in [0.15, 0.2) is 23.2 Å². The minimum absolute atomic E-state index is 0. The standard InChI is InChI=1S/C15H21ClFN3.HI/c1-3-8-19-15(18-4-2)20-13-9-10(13)14-11(16)6-5-7-12(14)17;/h5-7,10,13H,3-4,8-9H2,1-2H3,(H2,18,19,20);1H. The van der Waals surface area contributed by atoms with Crippen LogP contribution in [0.3, 0.4) is 0 Å². The van der Waals surface area contributed by atoms with Crippen molar-refractivity contribution in [3.8, 4) is 0 Å². The highest BCUT2D eigenvalue weighted by atomic mass is 127. The van der Waals surface area contributed by atoms with Gasteiger partial charge in [0.1, 0.15) is 5.82 Å². The predicted molar refractivity (Wildman–Crippen MR) is 97.4 cm³/mol. The molecule has 0 heterocycles. The summed E-state index contributed by atoms with van der Waals surface area (Å²) in [7, 11) is 0. The first kappa shape index (κ1) is 18.5. The van der Waals surface area contributed by atoms with E-state index in [9.17, 15) is 4.39 Å². The quantitative estimate of drug-likeness (QED) is 0.426. The van der Waals surface area contributed by atoms with E-state index < -0.39 is 0 Å². The van der Waals surface area contributed by atoms with Crippen molar-refractivity contribution in [2.24, 2.45) is 4.99 Å². The molecule has 2 atom stereocenters. The summed E-state index contributed by atoms with van der Waals surface area (Å²) in [6.45, 7) is 5.72. The normalized spacial score (nSPS) is 20.7. The average Bonchev–Trinajstić information content (AvgIpc) is 3.15. The summed E-state index contributed by atoms with van der Waals surface area (Å²) in [6, 6.07) is 5.05. The summed E-state index contributed by atoms with van der Waals surface area (Å²) in [4.78, 5) is 4.45. The summed E-state index contributed by atoms with van der Waals surface area (Å²) >= 11 is 6.10. The van der Waals surface area contributed by atoms with Crippen LogP contribution in [0.5, 0.6) is 0 Å². The Bertz CT molecular complexity index is 476. The molecule has 1 aromatic carbocycles. The summed E-state index contributed by atoms with van der Waals surface area (Å²) in [5, 5.41) is 7.05. The molecule has 2 rings (SSSR count). The van der Waals surface area contributed by atoms with Gasteiger partial charge in [-0.2, -0.15) is 0 Å². The molecule has 0 bridgehead atoms. The van der Waals surface area contributed by atoms with Crippen molar-refractivity contribution >= 4 is 41.5 Å². The molecule has 0 aromatic heterocycles. The van der Waals surface area contributed by atoms with E-state index in [1.807, 2.05) is 6.92 Å². The summed E-state index contributed by atoms with van der Waals surface area (Å²) in [5.41, 5.74) is 0.623. The third-order valence-corrected chi connectivity index (χ3v) is 3.65. The first-order chi connectivity index (χ1) is 9.67. The molecule has 0 aliphatic heterocycles. The van der Waals surface area contributed by atoms with Crippen molar-refractivity contribution < 1.29 is 4.39 Å². The minimum Gasteiger partial charge on any atom is -0.357 e. The first-order valence-electron chi connectivity index (χ1n) is 7.16. The van der Waals surface area contributed by atoms with Crippen molar-refractivity contribution in [3.63, 3.8) is 0 Å². The van der Waals surface area contributed by atoms with E-state index in [1.165, 1.54) is 6.07 Å². The molecular formula is C15H22ClFIN3. The van der Waals surface area contributed by atoms with E-state index in [-0.39, 0.29) is 41.8 Å². The minimum atomic E-state index is -0.220. The van der Waals surface area contributed by atoms with Crippen LogP contribution in [0, 0.1) is 5.82 Å². The molecule has 0 amide bonds. The Morgan fingerprint density at radius 2 is 2.19 bits per heavy atom. The fourth-order valence-corrected chi connectivity index (χ4v) is 2.56. The van der Waals surface area contributed by atoms with Crippen molar-refractivity contribution in [2.75, 3.05) is 13.1 Å². The second-order valence-corrected chi connectivity index (χ2v) is 5.40. The lowest BCUT2D eigenvalue weighted by atomic mass is 10.1. The van der Waals surface area contributed by atoms with Gasteiger partial charge < -0.3 is 10.6 Å². The van der Waals surface area contributed by atoms with Gasteiger partial charge in [0.15, 0.2) is 5.96 Å². The molecule has 6 heteroatoms. The van der Waals surface area contributed by atoms with Crippen LogP contribution in [0.1, 0.15) is 38.2 Å². The molecule has 1 aromatic rings. The van der Waals surface area contributed by atoms with Gasteiger partial charge in [-0.1, -0.05) is 24.6 Å². The van der Waals surface area contributed by atoms with Crippen LogP contribution < -0.4 is 10.6 Å². The number of hydrogen-bond acceptors (Lipinski definition) is 1. The monoisotopic (exact) mass is 425 g/mol. The Morgan fingerprint density at radius 1 is 1.43 bits per heavy atom. The number of halogens is 3. The van der Waals surface area contributed by atoms with Gasteiger partial charge in [0, 0.05) is 35.6 Å². The molecule has 118 valence electrons. The van der Waals surface area contributed by atoms with E-state index in [2.05, 4.69) is 22.5 Å². The van der Waals surface area contributed by atoms with Crippen LogP contribution in [0.4, 0.5) is 4.39 Å². The zero-order valence-electron chi connectivity index (χ0n) is 12.3. The van der Waals surface area contributed by atoms with Crippen molar-refractivity contribution in [3.05, 3.63) is 34.6 Å². The number of aliphatic imine (C=N–C) groups is 1. The Morgan fingerprint density at radius 3 is 2.81 bits per heavy atom. The molecule has 3 nitrogen and oxygen atoms in total. The number of nitrogens with one attached hydrogen (secondary N) is 2. The Labute approximate surface area is 147 Å². The van der Waals surface area contributed by atoms with Crippen molar-refractivity contribution in [1.29, 1.82) is 0 Å². The molecular weight excluding hydrogens is 404 g/mol. The lowest BCUT2D eigenvalue weighted by Gasteiger charge is -2.11. The number of nitrogens with zero attached hydrogens (tertiary/aromatic N) is 1. The fraction of sp³-hybridized carbons (Fsp3) is 0.533. The molecule has 21 heavy (non-hydrogen) atoms. The Kier molecular flexibility index (Phi) is 7.73. The van der Waals surface area contributed by atoms with Gasteiger partial charge >= 0.3 is 0 Å². The molecule has 1 aliphatic rings. The van der Waals surface area contributed by atoms with Crippen LogP contribution in [0.2, 0.25) is 5.02 Å². The largest absolute Gasteiger partial charge is 0.357 e. The maximum Gasteiger partial charge on any atom is 0.191 e. The highest BCUT2D eigenvalue weighted by molar-refractivity contribution is 14.0. The highest BCUT2D eigenvalue weighted by Crippen LogP contribution is 2.44. The van der Waals surface area contributed by atoms with Gasteiger partial charge in [-0.05, 0) is 31.9 Å². The third kappa shape index (κ3) is 4.98. The SMILES string of the molecule is CCCN=C(NCC)NC1CC1c1c(F)cccc1Cl.I. The van der Waals surface area contributed by atoms with Crippen LogP contribution in [0.25, 0.3) is 0 Å². The average molecular weight is 426 g/mol. The molecule has 0 saturated heterocycles. The van der Waals surface area contributed by atoms with Gasteiger partial charge in [0.2, 0.25) is 0 Å². The maximum absolute atomic E-state index is 13.8. The molecule has 2 unspecified atom stereocenters. The molecule has 0 radical (unpaired) electrons. The van der Waals surface area contributed by atoms with E-state index in [0.717, 1.165) is 31.9 Å². The number of hydrogen-bond donors (Lipinski definition) is 2. The Hall–Kier alpha value is -0.560. The van der Waals surface area contributed by atoms with Gasteiger partial charge in [0.05, 0.1) is 0 Å². The summed E-state index contributed by atoms with van der Waals surface area (Å²) < 4.78 is 13.8. The maximum atomic E-state index is 13.8. The van der Waals surface area contributed by atoms with E-state index in [1.54, 1.807) is 12.1 Å². The van der Waals surface area contributed by atoms with Crippen LogP contribution in [-0.4, -0.2) is 25.1 Å². The zero-order valence-corrected chi connectivity index (χ0v) is 15.4. The molecule has 0 spiro atoms. The molecule has 2 N–H and O–H groups in total. The summed E-state index contributed by atoms with van der Waals surface area (Å²) in [5.74, 6) is 0.714. The summed E-state index contributed by atoms with van der Waals surface area (Å²) in [6.07, 6.45) is 1.89. The topological polar surface area (TPSA) is 36.4 Å². The highest BCUT2D eigenvalue weighted by Gasteiger charge is 2.41. The third-order valence-electron chi connectivity index (χ3n) is 3.32. The van der Waals surface area contributed by atoms with Crippen LogP contribution >= 0.6 is 35.6 Å². The van der Waals surface area contributed by atoms with Crippen molar-refractivity contribution in [2.45, 2.75) is 38.6 Å². The van der Waals surface area contributed by atoms with E-state index in [4.69, 9.17) is 11.6 Å². The lowest BCUT2D eigenvalue weighted by Crippen LogP contribution is -2.39. The van der Waals surface area contributed by atoms with E-state index in [0.29, 0.717) is 10.6 Å². The van der Waals surface area contributed by atoms with Gasteiger partial charge in [-0.15, -0.1) is 24.0 Å². The predicted octanol–water partition coefficient (Wildman–Crippen LogP) is 3.92. The second kappa shape index (κ2) is 8.78.